The van der Waals surface area contributed by atoms with Gasteiger partial charge in [0, 0.05) is 30.9 Å². The Labute approximate surface area is 209 Å². The number of hydrogen-bond acceptors (Lipinski definition) is 6. The fourth-order valence-electron chi connectivity index (χ4n) is 4.57. The van der Waals surface area contributed by atoms with E-state index in [0.29, 0.717) is 14.4 Å². The summed E-state index contributed by atoms with van der Waals surface area (Å²) < 4.78 is 2.92. The standard InChI is InChI=1S/C24H23BrN6O2S/c1-26-22(32)14-8-9-19-18(11-14)30-21(17-7-2-3-10-27-17)31(19)16-6-4-5-15(12-16)29-23(33)20-13-28-24(25)34-20/h2-3,7-11,13,15-16H,4-6,12H2,1H3,(H,26,32)(H,29,33)/t15-,16+/m0/s1. The molecule has 2 N–H and O–H groups in total. The van der Waals surface area contributed by atoms with Crippen molar-refractivity contribution in [1.29, 1.82) is 0 Å². The van der Waals surface area contributed by atoms with Gasteiger partial charge in [-0.1, -0.05) is 6.07 Å². The molecule has 0 spiro atoms. The minimum atomic E-state index is -0.147. The maximum absolute atomic E-state index is 12.7. The van der Waals surface area contributed by atoms with Crippen molar-refractivity contribution in [3.63, 3.8) is 0 Å². The number of halogens is 1. The minimum absolute atomic E-state index is 0.0475. The normalized spacial score (nSPS) is 18.1. The Morgan fingerprint density at radius 3 is 2.76 bits per heavy atom. The number of pyridine rings is 1. The van der Waals surface area contributed by atoms with Crippen molar-refractivity contribution in [1.82, 2.24) is 30.2 Å². The maximum Gasteiger partial charge on any atom is 0.263 e. The molecule has 34 heavy (non-hydrogen) atoms. The molecule has 10 heteroatoms. The quantitative estimate of drug-likeness (QED) is 0.386. The molecule has 4 aromatic rings. The third kappa shape index (κ3) is 4.47. The average Bonchev–Trinajstić information content (AvgIpc) is 3.47. The van der Waals surface area contributed by atoms with Gasteiger partial charge in [0.05, 0.1) is 17.2 Å². The van der Waals surface area contributed by atoms with Gasteiger partial charge in [0.25, 0.3) is 11.8 Å². The lowest BCUT2D eigenvalue weighted by Crippen LogP contribution is -2.38. The summed E-state index contributed by atoms with van der Waals surface area (Å²) in [5.74, 6) is 0.531. The summed E-state index contributed by atoms with van der Waals surface area (Å²) in [7, 11) is 1.62. The number of aromatic nitrogens is 4. The Balaban J connectivity index is 1.49. The summed E-state index contributed by atoms with van der Waals surface area (Å²) in [5.41, 5.74) is 3.05. The molecule has 1 aliphatic carbocycles. The first-order valence-electron chi connectivity index (χ1n) is 11.1. The summed E-state index contributed by atoms with van der Waals surface area (Å²) in [5, 5.41) is 5.86. The van der Waals surface area contributed by atoms with E-state index in [4.69, 9.17) is 4.98 Å². The van der Waals surface area contributed by atoms with Crippen LogP contribution in [0, 0.1) is 0 Å². The number of nitrogens with one attached hydrogen (secondary N) is 2. The molecule has 1 aliphatic rings. The smallest absolute Gasteiger partial charge is 0.263 e. The van der Waals surface area contributed by atoms with E-state index in [2.05, 4.69) is 41.1 Å². The van der Waals surface area contributed by atoms with Crippen LogP contribution in [0.15, 0.2) is 52.7 Å². The van der Waals surface area contributed by atoms with Crippen LogP contribution in [0.2, 0.25) is 0 Å². The zero-order chi connectivity index (χ0) is 23.7. The second kappa shape index (κ2) is 9.63. The lowest BCUT2D eigenvalue weighted by molar-refractivity contribution is 0.0923. The van der Waals surface area contributed by atoms with E-state index < -0.39 is 0 Å². The number of fused-ring (bicyclic) bond motifs is 1. The highest BCUT2D eigenvalue weighted by Gasteiger charge is 2.29. The number of rotatable bonds is 5. The van der Waals surface area contributed by atoms with Crippen molar-refractivity contribution in [3.8, 4) is 11.5 Å². The van der Waals surface area contributed by atoms with Crippen molar-refractivity contribution in [2.75, 3.05) is 7.05 Å². The Hall–Kier alpha value is -3.11. The second-order valence-corrected chi connectivity index (χ2v) is 10.6. The molecule has 0 bridgehead atoms. The number of carbonyl (C=O) groups is 2. The van der Waals surface area contributed by atoms with Gasteiger partial charge in [0.1, 0.15) is 10.6 Å². The fourth-order valence-corrected chi connectivity index (χ4v) is 5.74. The Bertz CT molecular complexity index is 1350. The molecule has 3 heterocycles. The van der Waals surface area contributed by atoms with Crippen LogP contribution < -0.4 is 10.6 Å². The van der Waals surface area contributed by atoms with E-state index in [0.717, 1.165) is 48.2 Å². The van der Waals surface area contributed by atoms with Crippen LogP contribution in [0.25, 0.3) is 22.6 Å². The SMILES string of the molecule is CNC(=O)c1ccc2c(c1)nc(-c1ccccn1)n2[C@@H]1CCC[C@H](NC(=O)c2cnc(Br)s2)C1. The van der Waals surface area contributed by atoms with E-state index in [1.807, 2.05) is 36.4 Å². The van der Waals surface area contributed by atoms with Gasteiger partial charge in [0.15, 0.2) is 9.74 Å². The summed E-state index contributed by atoms with van der Waals surface area (Å²) in [6.07, 6.45) is 7.02. The van der Waals surface area contributed by atoms with Gasteiger partial charge in [-0.05, 0) is 71.9 Å². The molecule has 0 radical (unpaired) electrons. The van der Waals surface area contributed by atoms with Crippen LogP contribution in [0.5, 0.6) is 0 Å². The molecule has 1 aromatic carbocycles. The third-order valence-corrected chi connectivity index (χ3v) is 7.60. The summed E-state index contributed by atoms with van der Waals surface area (Å²) in [6, 6.07) is 11.6. The number of nitrogens with zero attached hydrogens (tertiary/aromatic N) is 4. The molecule has 2 amide bonds. The highest BCUT2D eigenvalue weighted by Crippen LogP contribution is 2.36. The molecule has 8 nitrogen and oxygen atoms in total. The molecule has 174 valence electrons. The van der Waals surface area contributed by atoms with Crippen molar-refractivity contribution < 1.29 is 9.59 Å². The van der Waals surface area contributed by atoms with Gasteiger partial charge < -0.3 is 15.2 Å². The predicted octanol–water partition coefficient (Wildman–Crippen LogP) is 4.59. The van der Waals surface area contributed by atoms with Gasteiger partial charge >= 0.3 is 0 Å². The number of amides is 2. The van der Waals surface area contributed by atoms with Crippen LogP contribution in [0.4, 0.5) is 0 Å². The zero-order valence-corrected chi connectivity index (χ0v) is 20.9. The third-order valence-electron chi connectivity index (χ3n) is 6.12. The Kier molecular flexibility index (Phi) is 6.42. The first kappa shape index (κ1) is 22.7. The van der Waals surface area contributed by atoms with E-state index in [1.54, 1.807) is 19.4 Å². The predicted molar refractivity (Wildman–Crippen MR) is 135 cm³/mol. The van der Waals surface area contributed by atoms with Crippen LogP contribution in [-0.4, -0.2) is 44.4 Å². The summed E-state index contributed by atoms with van der Waals surface area (Å²) in [6.45, 7) is 0. The summed E-state index contributed by atoms with van der Waals surface area (Å²) in [4.78, 5) is 39.0. The molecule has 5 rings (SSSR count). The van der Waals surface area contributed by atoms with E-state index in [1.165, 1.54) is 11.3 Å². The van der Waals surface area contributed by atoms with E-state index >= 15 is 0 Å². The average molecular weight is 539 g/mol. The number of thiazole rings is 1. The maximum atomic E-state index is 12.7. The van der Waals surface area contributed by atoms with Gasteiger partial charge in [-0.15, -0.1) is 11.3 Å². The number of hydrogen-bond donors (Lipinski definition) is 2. The highest BCUT2D eigenvalue weighted by molar-refractivity contribution is 9.11. The minimum Gasteiger partial charge on any atom is -0.355 e. The van der Waals surface area contributed by atoms with Crippen LogP contribution in [-0.2, 0) is 0 Å². The van der Waals surface area contributed by atoms with E-state index in [-0.39, 0.29) is 23.9 Å². The molecule has 0 aliphatic heterocycles. The number of benzene rings is 1. The van der Waals surface area contributed by atoms with Crippen LogP contribution >= 0.6 is 27.3 Å². The largest absolute Gasteiger partial charge is 0.355 e. The molecule has 1 saturated carbocycles. The summed E-state index contributed by atoms with van der Waals surface area (Å²) >= 11 is 4.65. The Morgan fingerprint density at radius 1 is 1.15 bits per heavy atom. The second-order valence-electron chi connectivity index (χ2n) is 8.27. The topological polar surface area (TPSA) is 102 Å². The van der Waals surface area contributed by atoms with Crippen LogP contribution in [0.1, 0.15) is 51.8 Å². The van der Waals surface area contributed by atoms with Crippen molar-refractivity contribution in [2.45, 2.75) is 37.8 Å². The van der Waals surface area contributed by atoms with Gasteiger partial charge in [0.2, 0.25) is 0 Å². The fraction of sp³-hybridized carbons (Fsp3) is 0.292. The molecule has 2 atom stereocenters. The Morgan fingerprint density at radius 2 is 2.03 bits per heavy atom. The lowest BCUT2D eigenvalue weighted by Gasteiger charge is -2.31. The number of carbonyl (C=O) groups excluding carboxylic acids is 2. The lowest BCUT2D eigenvalue weighted by atomic mass is 9.90. The van der Waals surface area contributed by atoms with Crippen molar-refractivity contribution in [2.24, 2.45) is 0 Å². The van der Waals surface area contributed by atoms with Gasteiger partial charge in [-0.25, -0.2) is 9.97 Å². The monoisotopic (exact) mass is 538 g/mol. The highest BCUT2D eigenvalue weighted by atomic mass is 79.9. The van der Waals surface area contributed by atoms with Crippen molar-refractivity contribution in [3.05, 3.63) is 63.1 Å². The molecule has 3 aromatic heterocycles. The van der Waals surface area contributed by atoms with Gasteiger partial charge in [-0.2, -0.15) is 0 Å². The van der Waals surface area contributed by atoms with Gasteiger partial charge in [-0.3, -0.25) is 14.6 Å². The number of imidazole rings is 1. The first-order valence-corrected chi connectivity index (χ1v) is 12.7. The molecule has 0 unspecified atom stereocenters. The zero-order valence-electron chi connectivity index (χ0n) is 18.5. The first-order chi connectivity index (χ1) is 16.5. The molecular formula is C24H23BrN6O2S. The van der Waals surface area contributed by atoms with E-state index in [9.17, 15) is 9.59 Å². The molecular weight excluding hydrogens is 516 g/mol. The molecule has 0 saturated heterocycles. The van der Waals surface area contributed by atoms with Crippen LogP contribution in [0.3, 0.4) is 0 Å². The van der Waals surface area contributed by atoms with Crippen molar-refractivity contribution >= 4 is 50.1 Å². The molecule has 1 fully saturated rings.